The van der Waals surface area contributed by atoms with Crippen LogP contribution in [0.3, 0.4) is 0 Å². The average molecular weight is 382 g/mol. The Hall–Kier alpha value is -3.55. The quantitative estimate of drug-likeness (QED) is 0.723. The highest BCUT2D eigenvalue weighted by Gasteiger charge is 2.29. The van der Waals surface area contributed by atoms with E-state index in [-0.39, 0.29) is 28.8 Å². The monoisotopic (exact) mass is 382 g/mol. The lowest BCUT2D eigenvalue weighted by Gasteiger charge is -2.36. The number of carbonyl (C=O) groups is 1. The molecule has 1 aliphatic heterocycles. The number of anilines is 2. The van der Waals surface area contributed by atoms with Crippen LogP contribution in [0.15, 0.2) is 53.1 Å². The highest BCUT2D eigenvalue weighted by molar-refractivity contribution is 6.03. The number of nitrogens with two attached hydrogens (primary N) is 1. The number of benzene rings is 2. The van der Waals surface area contributed by atoms with Crippen LogP contribution in [0.2, 0.25) is 0 Å². The average Bonchev–Trinajstić information content (AvgIpc) is 3.09. The third-order valence-corrected chi connectivity index (χ3v) is 4.82. The lowest BCUT2D eigenvalue weighted by molar-refractivity contribution is 0.0748. The van der Waals surface area contributed by atoms with Crippen LogP contribution >= 0.6 is 0 Å². The van der Waals surface area contributed by atoms with Gasteiger partial charge in [-0.1, -0.05) is 29.4 Å². The number of hydrogen-bond acceptors (Lipinski definition) is 6. The number of phenolic OH excluding ortho intramolecular Hbond substituents is 1. The van der Waals surface area contributed by atoms with E-state index in [9.17, 15) is 14.3 Å². The van der Waals surface area contributed by atoms with Gasteiger partial charge in [0.05, 0.1) is 5.69 Å². The molecule has 0 radical (unpaired) electrons. The normalized spacial score (nSPS) is 14.3. The first-order chi connectivity index (χ1) is 13.5. The Morgan fingerprint density at radius 3 is 2.57 bits per heavy atom. The molecule has 4 rings (SSSR count). The molecule has 144 valence electrons. The van der Waals surface area contributed by atoms with Gasteiger partial charge in [-0.3, -0.25) is 4.79 Å². The van der Waals surface area contributed by atoms with Gasteiger partial charge in [0.25, 0.3) is 5.91 Å². The maximum atomic E-state index is 13.6. The number of hydrogen-bond donors (Lipinski definition) is 2. The molecule has 3 aromatic rings. The second-order valence-corrected chi connectivity index (χ2v) is 6.55. The number of rotatable bonds is 3. The van der Waals surface area contributed by atoms with E-state index in [2.05, 4.69) is 5.16 Å². The summed E-state index contributed by atoms with van der Waals surface area (Å²) in [7, 11) is 0. The molecular formula is C20H19FN4O3. The summed E-state index contributed by atoms with van der Waals surface area (Å²) in [5.41, 5.74) is 7.38. The van der Waals surface area contributed by atoms with Crippen LogP contribution in [-0.4, -0.2) is 47.2 Å². The van der Waals surface area contributed by atoms with Crippen molar-refractivity contribution in [1.82, 2.24) is 10.1 Å². The molecule has 3 N–H and O–H groups in total. The molecule has 2 aromatic carbocycles. The lowest BCUT2D eigenvalue weighted by atomic mass is 10.1. The van der Waals surface area contributed by atoms with E-state index in [1.54, 1.807) is 23.1 Å². The number of carbonyl (C=O) groups excluding carboxylic acids is 1. The van der Waals surface area contributed by atoms with E-state index in [0.29, 0.717) is 31.7 Å². The van der Waals surface area contributed by atoms with Crippen molar-refractivity contribution in [2.45, 2.75) is 0 Å². The van der Waals surface area contributed by atoms with Crippen molar-refractivity contribution >= 4 is 17.5 Å². The van der Waals surface area contributed by atoms with Crippen LogP contribution in [0.5, 0.6) is 5.75 Å². The molecule has 0 bridgehead atoms. The molecule has 1 aromatic heterocycles. The highest BCUT2D eigenvalue weighted by Crippen LogP contribution is 2.30. The second-order valence-electron chi connectivity index (χ2n) is 6.55. The summed E-state index contributed by atoms with van der Waals surface area (Å²) in [5.74, 6) is -0.630. The minimum absolute atomic E-state index is 0.0904. The van der Waals surface area contributed by atoms with Crippen molar-refractivity contribution in [3.8, 4) is 17.0 Å². The molecule has 1 fully saturated rings. The van der Waals surface area contributed by atoms with Crippen LogP contribution in [0.1, 0.15) is 10.4 Å². The summed E-state index contributed by atoms with van der Waals surface area (Å²) in [6.45, 7) is 2.01. The third-order valence-electron chi connectivity index (χ3n) is 4.82. The van der Waals surface area contributed by atoms with Gasteiger partial charge < -0.3 is 25.2 Å². The van der Waals surface area contributed by atoms with Crippen molar-refractivity contribution in [3.05, 3.63) is 59.9 Å². The van der Waals surface area contributed by atoms with Crippen molar-refractivity contribution in [2.24, 2.45) is 0 Å². The molecule has 0 saturated carbocycles. The molecule has 7 nitrogen and oxygen atoms in total. The number of para-hydroxylation sites is 2. The highest BCUT2D eigenvalue weighted by atomic mass is 19.1. The Balaban J connectivity index is 1.54. The van der Waals surface area contributed by atoms with Gasteiger partial charge in [-0.2, -0.15) is 0 Å². The van der Waals surface area contributed by atoms with Gasteiger partial charge in [0.15, 0.2) is 0 Å². The first kappa shape index (κ1) is 17.8. The van der Waals surface area contributed by atoms with Crippen LogP contribution in [0.4, 0.5) is 16.0 Å². The fourth-order valence-electron chi connectivity index (χ4n) is 3.38. The van der Waals surface area contributed by atoms with Crippen LogP contribution in [-0.2, 0) is 0 Å². The number of nitrogen functional groups attached to an aromatic ring is 1. The van der Waals surface area contributed by atoms with Gasteiger partial charge in [0.1, 0.15) is 22.8 Å². The van der Waals surface area contributed by atoms with Crippen LogP contribution < -0.4 is 10.6 Å². The SMILES string of the molecule is Nc1onc(-c2cccc(F)c2)c1C(=O)N1CCN(c2ccccc2O)CC1. The molecule has 0 atom stereocenters. The molecule has 1 saturated heterocycles. The fraction of sp³-hybridized carbons (Fsp3) is 0.200. The van der Waals surface area contributed by atoms with E-state index in [1.165, 1.54) is 18.2 Å². The Labute approximate surface area is 160 Å². The molecular weight excluding hydrogens is 363 g/mol. The zero-order valence-electron chi connectivity index (χ0n) is 15.0. The van der Waals surface area contributed by atoms with E-state index in [1.807, 2.05) is 17.0 Å². The van der Waals surface area contributed by atoms with Gasteiger partial charge in [-0.05, 0) is 24.3 Å². The minimum Gasteiger partial charge on any atom is -0.506 e. The zero-order valence-corrected chi connectivity index (χ0v) is 15.0. The molecule has 8 heteroatoms. The number of piperazine rings is 1. The van der Waals surface area contributed by atoms with E-state index >= 15 is 0 Å². The Kier molecular flexibility index (Phi) is 4.60. The third kappa shape index (κ3) is 3.24. The summed E-state index contributed by atoms with van der Waals surface area (Å²) in [6.07, 6.45) is 0. The number of aromatic nitrogens is 1. The maximum absolute atomic E-state index is 13.6. The van der Waals surface area contributed by atoms with Crippen molar-refractivity contribution in [1.29, 1.82) is 0 Å². The van der Waals surface area contributed by atoms with Gasteiger partial charge >= 0.3 is 0 Å². The second kappa shape index (κ2) is 7.22. The van der Waals surface area contributed by atoms with Gasteiger partial charge in [-0.15, -0.1) is 0 Å². The summed E-state index contributed by atoms with van der Waals surface area (Å²) in [6, 6.07) is 12.9. The topological polar surface area (TPSA) is 95.8 Å². The largest absolute Gasteiger partial charge is 0.506 e. The molecule has 28 heavy (non-hydrogen) atoms. The smallest absolute Gasteiger partial charge is 0.261 e. The molecule has 1 amide bonds. The Morgan fingerprint density at radius 2 is 1.86 bits per heavy atom. The number of amides is 1. The van der Waals surface area contributed by atoms with Gasteiger partial charge in [-0.25, -0.2) is 4.39 Å². The number of phenols is 1. The Bertz CT molecular complexity index is 1010. The number of nitrogens with zero attached hydrogens (tertiary/aromatic N) is 3. The first-order valence-corrected chi connectivity index (χ1v) is 8.88. The number of halogens is 1. The predicted molar refractivity (Wildman–Crippen MR) is 103 cm³/mol. The molecule has 2 heterocycles. The molecule has 1 aliphatic rings. The van der Waals surface area contributed by atoms with Crippen molar-refractivity contribution in [3.63, 3.8) is 0 Å². The van der Waals surface area contributed by atoms with Crippen molar-refractivity contribution in [2.75, 3.05) is 36.8 Å². The van der Waals surface area contributed by atoms with Gasteiger partial charge in [0, 0.05) is 31.7 Å². The predicted octanol–water partition coefficient (Wildman–Crippen LogP) is 2.73. The summed E-state index contributed by atoms with van der Waals surface area (Å²) < 4.78 is 18.6. The Morgan fingerprint density at radius 1 is 1.11 bits per heavy atom. The molecule has 0 spiro atoms. The molecule has 0 unspecified atom stereocenters. The maximum Gasteiger partial charge on any atom is 0.261 e. The van der Waals surface area contributed by atoms with E-state index in [4.69, 9.17) is 10.3 Å². The summed E-state index contributed by atoms with van der Waals surface area (Å²) in [5, 5.41) is 13.9. The van der Waals surface area contributed by atoms with Crippen molar-refractivity contribution < 1.29 is 18.8 Å². The number of aromatic hydroxyl groups is 1. The van der Waals surface area contributed by atoms with E-state index in [0.717, 1.165) is 5.69 Å². The fourth-order valence-corrected chi connectivity index (χ4v) is 3.38. The standard InChI is InChI=1S/C20H19FN4O3/c21-14-5-3-4-13(12-14)18-17(19(22)28-23-18)20(27)25-10-8-24(9-11-25)15-6-1-2-7-16(15)26/h1-7,12,26H,8-11,22H2. The molecule has 0 aliphatic carbocycles. The summed E-state index contributed by atoms with van der Waals surface area (Å²) >= 11 is 0. The van der Waals surface area contributed by atoms with Crippen LogP contribution in [0, 0.1) is 5.82 Å². The van der Waals surface area contributed by atoms with Gasteiger partial charge in [0.2, 0.25) is 5.88 Å². The minimum atomic E-state index is -0.436. The summed E-state index contributed by atoms with van der Waals surface area (Å²) in [4.78, 5) is 16.7. The van der Waals surface area contributed by atoms with Crippen LogP contribution in [0.25, 0.3) is 11.3 Å². The van der Waals surface area contributed by atoms with E-state index < -0.39 is 5.82 Å². The lowest BCUT2D eigenvalue weighted by Crippen LogP contribution is -2.49. The zero-order chi connectivity index (χ0) is 19.7. The first-order valence-electron chi connectivity index (χ1n) is 8.88.